The predicted molar refractivity (Wildman–Crippen MR) is 192 cm³/mol. The Morgan fingerprint density at radius 2 is 0.689 bits per heavy atom. The molecule has 6 aromatic rings. The molecule has 0 aliphatic rings. The molecule has 2 radical (unpaired) electrons. The minimum atomic E-state index is -1.29. The van der Waals surface area contributed by atoms with Crippen molar-refractivity contribution in [2.24, 2.45) is 0 Å². The molecule has 222 valence electrons. The molecule has 0 N–H and O–H groups in total. The fourth-order valence-corrected chi connectivity index (χ4v) is 14.8. The monoisotopic (exact) mass is 690 g/mol. The molecule has 0 fully saturated rings. The Balaban J connectivity index is 1.93. The standard InChI is InChI=1S/C40H33.C4H9.Sn/c1-39(34-24-12-4-13-25-34,35-26-14-5-15-27-35)40(36-28-16-6-17-29-36,37-30-18-7-19-31-37)38(32-20-8-2-9-21-32)33-22-10-3-11-23-33;1-3-4-2;/h2-31H,1H3;1,3-4H2,2H3;. The van der Waals surface area contributed by atoms with Crippen LogP contribution in [0.4, 0.5) is 0 Å². The Morgan fingerprint density at radius 1 is 0.400 bits per heavy atom. The van der Waals surface area contributed by atoms with Crippen LogP contribution in [0.1, 0.15) is 60.1 Å². The van der Waals surface area contributed by atoms with E-state index in [1.165, 1.54) is 50.7 Å². The molecule has 0 unspecified atom stereocenters. The summed E-state index contributed by atoms with van der Waals surface area (Å²) < 4.78 is 1.00. The van der Waals surface area contributed by atoms with Gasteiger partial charge in [0.2, 0.25) is 0 Å². The van der Waals surface area contributed by atoms with Crippen molar-refractivity contribution >= 4 is 21.1 Å². The van der Waals surface area contributed by atoms with Crippen molar-refractivity contribution < 1.29 is 0 Å². The van der Waals surface area contributed by atoms with Crippen molar-refractivity contribution in [1.82, 2.24) is 0 Å². The first kappa shape index (κ1) is 31.1. The van der Waals surface area contributed by atoms with E-state index in [2.05, 4.69) is 196 Å². The van der Waals surface area contributed by atoms with Gasteiger partial charge in [0.05, 0.1) is 0 Å². The Labute approximate surface area is 280 Å². The molecule has 0 aliphatic heterocycles. The third-order valence-corrected chi connectivity index (χ3v) is 15.7. The van der Waals surface area contributed by atoms with Gasteiger partial charge in [-0.25, -0.2) is 0 Å². The van der Waals surface area contributed by atoms with E-state index in [9.17, 15) is 0 Å². The summed E-state index contributed by atoms with van der Waals surface area (Å²) in [7, 11) is 0. The molecule has 0 atom stereocenters. The van der Waals surface area contributed by atoms with E-state index in [0.29, 0.717) is 0 Å². The van der Waals surface area contributed by atoms with Gasteiger partial charge in [-0.1, -0.05) is 0 Å². The van der Waals surface area contributed by atoms with Gasteiger partial charge in [-0.2, -0.15) is 0 Å². The van der Waals surface area contributed by atoms with E-state index in [1.807, 2.05) is 0 Å². The first-order chi connectivity index (χ1) is 22.2. The van der Waals surface area contributed by atoms with E-state index < -0.39 is 32.0 Å². The zero-order chi connectivity index (χ0) is 31.0. The minimum absolute atomic E-state index is 0.281. The fraction of sp³-hybridized carbons (Fsp3) is 0.182. The van der Waals surface area contributed by atoms with Gasteiger partial charge >= 0.3 is 282 Å². The summed E-state index contributed by atoms with van der Waals surface area (Å²) in [5.74, 6) is 0. The molecule has 0 aliphatic carbocycles. The van der Waals surface area contributed by atoms with Gasteiger partial charge in [-0.05, 0) is 0 Å². The average molecular weight is 690 g/mol. The van der Waals surface area contributed by atoms with Crippen LogP contribution in [0, 0.1) is 0 Å². The fourth-order valence-electron chi connectivity index (χ4n) is 7.84. The first-order valence-electron chi connectivity index (χ1n) is 16.3. The number of unbranched alkanes of at least 4 members (excludes halogenated alkanes) is 1. The molecule has 0 amide bonds. The summed E-state index contributed by atoms with van der Waals surface area (Å²) in [6, 6.07) is 68.8. The molecular weight excluding hydrogens is 647 g/mol. The Kier molecular flexibility index (Phi) is 9.71. The molecule has 1 heteroatoms. The third kappa shape index (κ3) is 5.38. The maximum atomic E-state index is 2.54. The molecule has 0 saturated heterocycles. The van der Waals surface area contributed by atoms with E-state index in [4.69, 9.17) is 0 Å². The summed E-state index contributed by atoms with van der Waals surface area (Å²) in [5.41, 5.74) is 7.25. The average Bonchev–Trinajstić information content (AvgIpc) is 3.13. The van der Waals surface area contributed by atoms with Gasteiger partial charge < -0.3 is 0 Å². The van der Waals surface area contributed by atoms with Gasteiger partial charge in [0, 0.05) is 0 Å². The van der Waals surface area contributed by atoms with Gasteiger partial charge in [-0.3, -0.25) is 0 Å². The van der Waals surface area contributed by atoms with Crippen LogP contribution in [-0.2, 0) is 14.3 Å². The molecule has 0 aromatic heterocycles. The number of hydrogen-bond donors (Lipinski definition) is 0. The van der Waals surface area contributed by atoms with Crippen LogP contribution in [0.25, 0.3) is 0 Å². The molecule has 0 nitrogen and oxygen atoms in total. The molecule has 45 heavy (non-hydrogen) atoms. The molecule has 0 heterocycles. The second-order valence-corrected chi connectivity index (χ2v) is 16.7. The number of rotatable bonds is 12. The van der Waals surface area contributed by atoms with E-state index in [1.54, 1.807) is 0 Å². The van der Waals surface area contributed by atoms with Crippen LogP contribution in [0.5, 0.6) is 0 Å². The molecule has 6 rings (SSSR count). The van der Waals surface area contributed by atoms with Gasteiger partial charge in [0.1, 0.15) is 0 Å². The SMILES string of the molecule is CCC[CH2][Sn][C](c1ccccc1)(c1ccccc1)C(c1ccccc1)(c1ccccc1)C(C)(c1ccccc1)c1ccccc1. The summed E-state index contributed by atoms with van der Waals surface area (Å²) in [6.07, 6.45) is 2.46. The van der Waals surface area contributed by atoms with Crippen molar-refractivity contribution in [3.8, 4) is 0 Å². The topological polar surface area (TPSA) is 0 Å². The second kappa shape index (κ2) is 14.0. The zero-order valence-corrected chi connectivity index (χ0v) is 29.3. The number of benzene rings is 6. The first-order valence-corrected chi connectivity index (χ1v) is 19.7. The normalized spacial score (nSPS) is 12.1. The van der Waals surface area contributed by atoms with Gasteiger partial charge in [0.25, 0.3) is 0 Å². The Bertz CT molecular complexity index is 1610. The summed E-state index contributed by atoms with van der Waals surface area (Å²) in [4.78, 5) is 0. The molecular formula is C44H42Sn. The van der Waals surface area contributed by atoms with Crippen molar-refractivity contribution in [3.05, 3.63) is 215 Å². The van der Waals surface area contributed by atoms with Crippen LogP contribution in [-0.4, -0.2) is 21.1 Å². The summed E-state index contributed by atoms with van der Waals surface area (Å²) >= 11 is -1.29. The Morgan fingerprint density at radius 3 is 1.00 bits per heavy atom. The quantitative estimate of drug-likeness (QED) is 0.0887. The molecule has 0 bridgehead atoms. The molecule has 0 spiro atoms. The van der Waals surface area contributed by atoms with Crippen molar-refractivity contribution in [2.75, 3.05) is 0 Å². The van der Waals surface area contributed by atoms with Crippen molar-refractivity contribution in [2.45, 2.75) is 45.4 Å². The van der Waals surface area contributed by atoms with E-state index >= 15 is 0 Å². The third-order valence-electron chi connectivity index (χ3n) is 9.76. The van der Waals surface area contributed by atoms with Crippen molar-refractivity contribution in [3.63, 3.8) is 0 Å². The zero-order valence-electron chi connectivity index (χ0n) is 26.4. The second-order valence-electron chi connectivity index (χ2n) is 12.1. The predicted octanol–water partition coefficient (Wildman–Crippen LogP) is 10.8. The summed E-state index contributed by atoms with van der Waals surface area (Å²) in [6.45, 7) is 4.88. The van der Waals surface area contributed by atoms with Crippen LogP contribution in [0.15, 0.2) is 182 Å². The van der Waals surface area contributed by atoms with Crippen LogP contribution in [0.3, 0.4) is 0 Å². The van der Waals surface area contributed by atoms with E-state index in [-0.39, 0.29) is 3.43 Å². The van der Waals surface area contributed by atoms with Crippen LogP contribution < -0.4 is 0 Å². The Hall–Kier alpha value is -3.88. The van der Waals surface area contributed by atoms with Crippen molar-refractivity contribution in [1.29, 1.82) is 0 Å². The van der Waals surface area contributed by atoms with Crippen LogP contribution in [0.2, 0.25) is 4.44 Å². The molecule has 0 saturated carbocycles. The maximum absolute atomic E-state index is 2.54. The van der Waals surface area contributed by atoms with E-state index in [0.717, 1.165) is 0 Å². The van der Waals surface area contributed by atoms with Crippen LogP contribution >= 0.6 is 0 Å². The summed E-state index contributed by atoms with van der Waals surface area (Å²) in [5, 5.41) is 0. The van der Waals surface area contributed by atoms with Gasteiger partial charge in [0.15, 0.2) is 0 Å². The number of hydrogen-bond acceptors (Lipinski definition) is 0. The van der Waals surface area contributed by atoms with Gasteiger partial charge in [-0.15, -0.1) is 0 Å². The molecule has 6 aromatic carbocycles.